The highest BCUT2D eigenvalue weighted by molar-refractivity contribution is 5.47. The van der Waals surface area contributed by atoms with Crippen LogP contribution >= 0.6 is 0 Å². The van der Waals surface area contributed by atoms with E-state index in [4.69, 9.17) is 15.2 Å². The molecule has 0 saturated heterocycles. The van der Waals surface area contributed by atoms with Crippen molar-refractivity contribution >= 4 is 11.6 Å². The highest BCUT2D eigenvalue weighted by atomic mass is 19.1. The molecule has 19 heavy (non-hydrogen) atoms. The third kappa shape index (κ3) is 4.00. The SMILES string of the molecule is COCCN(c1nc(N)c(F)cc1F)C(C)COC. The van der Waals surface area contributed by atoms with Crippen LogP contribution in [-0.4, -0.2) is 45.0 Å². The Bertz CT molecular complexity index is 418. The molecule has 1 aromatic rings. The summed E-state index contributed by atoms with van der Waals surface area (Å²) < 4.78 is 37.0. The summed E-state index contributed by atoms with van der Waals surface area (Å²) in [5, 5.41) is 0. The smallest absolute Gasteiger partial charge is 0.168 e. The molecule has 0 spiro atoms. The van der Waals surface area contributed by atoms with Crippen LogP contribution in [0.4, 0.5) is 20.4 Å². The molecule has 0 aromatic carbocycles. The number of nitrogen functional groups attached to an aromatic ring is 1. The number of methoxy groups -OCH3 is 2. The predicted molar refractivity (Wildman–Crippen MR) is 69.1 cm³/mol. The molecule has 2 N–H and O–H groups in total. The summed E-state index contributed by atoms with van der Waals surface area (Å²) in [6.07, 6.45) is 0. The van der Waals surface area contributed by atoms with Crippen molar-refractivity contribution in [3.63, 3.8) is 0 Å². The second-order valence-electron chi connectivity index (χ2n) is 4.15. The van der Waals surface area contributed by atoms with Crippen LogP contribution in [0, 0.1) is 11.6 Å². The number of halogens is 2. The Hall–Kier alpha value is -1.47. The van der Waals surface area contributed by atoms with Gasteiger partial charge in [-0.3, -0.25) is 0 Å². The minimum Gasteiger partial charge on any atom is -0.383 e. The zero-order valence-electron chi connectivity index (χ0n) is 11.3. The van der Waals surface area contributed by atoms with E-state index in [0.29, 0.717) is 19.8 Å². The van der Waals surface area contributed by atoms with E-state index in [1.54, 1.807) is 19.1 Å². The van der Waals surface area contributed by atoms with Crippen LogP contribution in [-0.2, 0) is 9.47 Å². The number of hydrogen-bond donors (Lipinski definition) is 1. The quantitative estimate of drug-likeness (QED) is 0.815. The van der Waals surface area contributed by atoms with Crippen molar-refractivity contribution in [1.29, 1.82) is 0 Å². The van der Waals surface area contributed by atoms with Gasteiger partial charge < -0.3 is 20.1 Å². The van der Waals surface area contributed by atoms with Gasteiger partial charge in [-0.05, 0) is 6.92 Å². The number of anilines is 2. The average Bonchev–Trinajstić information content (AvgIpc) is 2.36. The zero-order chi connectivity index (χ0) is 14.4. The first kappa shape index (κ1) is 15.6. The second kappa shape index (κ2) is 7.20. The molecule has 0 bridgehead atoms. The Kier molecular flexibility index (Phi) is 5.91. The first-order chi connectivity index (χ1) is 9.01. The van der Waals surface area contributed by atoms with Gasteiger partial charge in [-0.25, -0.2) is 13.8 Å². The first-order valence-electron chi connectivity index (χ1n) is 5.87. The van der Waals surface area contributed by atoms with Crippen molar-refractivity contribution in [3.8, 4) is 0 Å². The Morgan fingerprint density at radius 1 is 1.32 bits per heavy atom. The van der Waals surface area contributed by atoms with Crippen molar-refractivity contribution < 1.29 is 18.3 Å². The monoisotopic (exact) mass is 275 g/mol. The molecule has 108 valence electrons. The lowest BCUT2D eigenvalue weighted by Gasteiger charge is -2.30. The first-order valence-corrected chi connectivity index (χ1v) is 5.87. The molecule has 7 heteroatoms. The molecule has 1 unspecified atom stereocenters. The molecular formula is C12H19F2N3O2. The number of hydrogen-bond acceptors (Lipinski definition) is 5. The molecule has 0 aliphatic carbocycles. The number of nitrogens with zero attached hydrogens (tertiary/aromatic N) is 2. The normalized spacial score (nSPS) is 12.5. The van der Waals surface area contributed by atoms with Gasteiger partial charge in [0.05, 0.1) is 19.3 Å². The minimum atomic E-state index is -0.868. The van der Waals surface area contributed by atoms with Gasteiger partial charge >= 0.3 is 0 Å². The number of nitrogens with two attached hydrogens (primary N) is 1. The highest BCUT2D eigenvalue weighted by Gasteiger charge is 2.21. The van der Waals surface area contributed by atoms with E-state index >= 15 is 0 Å². The number of pyridine rings is 1. The Balaban J connectivity index is 3.05. The van der Waals surface area contributed by atoms with E-state index in [9.17, 15) is 8.78 Å². The molecular weight excluding hydrogens is 256 g/mol. The van der Waals surface area contributed by atoms with Crippen LogP contribution in [0.25, 0.3) is 0 Å². The molecule has 1 atom stereocenters. The standard InChI is InChI=1S/C12H19F2N3O2/c1-8(7-19-3)17(4-5-18-2)12-10(14)6-9(13)11(15)16-12/h6,8H,4-5,7H2,1-3H3,(H2,15,16). The third-order valence-electron chi connectivity index (χ3n) is 2.69. The van der Waals surface area contributed by atoms with Crippen LogP contribution in [0.2, 0.25) is 0 Å². The predicted octanol–water partition coefficient (Wildman–Crippen LogP) is 1.43. The van der Waals surface area contributed by atoms with E-state index in [1.807, 2.05) is 6.92 Å². The number of aromatic nitrogens is 1. The van der Waals surface area contributed by atoms with Crippen LogP contribution in [0.5, 0.6) is 0 Å². The average molecular weight is 275 g/mol. The fourth-order valence-electron chi connectivity index (χ4n) is 1.73. The van der Waals surface area contributed by atoms with Gasteiger partial charge in [0, 0.05) is 26.8 Å². The van der Waals surface area contributed by atoms with Gasteiger partial charge in [-0.15, -0.1) is 0 Å². The lowest BCUT2D eigenvalue weighted by atomic mass is 10.2. The van der Waals surface area contributed by atoms with E-state index in [-0.39, 0.29) is 17.7 Å². The minimum absolute atomic E-state index is 0.000463. The molecule has 0 fully saturated rings. The summed E-state index contributed by atoms with van der Waals surface area (Å²) in [7, 11) is 3.09. The Labute approximate surface area is 111 Å². The van der Waals surface area contributed by atoms with Crippen molar-refractivity contribution in [3.05, 3.63) is 17.7 Å². The Morgan fingerprint density at radius 3 is 2.58 bits per heavy atom. The van der Waals surface area contributed by atoms with Gasteiger partial charge in [0.1, 0.15) is 0 Å². The fourth-order valence-corrected chi connectivity index (χ4v) is 1.73. The summed E-state index contributed by atoms with van der Waals surface area (Å²) in [6.45, 7) is 3.00. The maximum atomic E-state index is 13.8. The lowest BCUT2D eigenvalue weighted by molar-refractivity contribution is 0.170. The molecule has 5 nitrogen and oxygen atoms in total. The Morgan fingerprint density at radius 2 is 2.00 bits per heavy atom. The lowest BCUT2D eigenvalue weighted by Crippen LogP contribution is -2.40. The molecule has 1 heterocycles. The molecule has 1 rings (SSSR count). The highest BCUT2D eigenvalue weighted by Crippen LogP contribution is 2.22. The summed E-state index contributed by atoms with van der Waals surface area (Å²) in [5.74, 6) is -1.96. The molecule has 0 radical (unpaired) electrons. The van der Waals surface area contributed by atoms with E-state index < -0.39 is 11.6 Å². The van der Waals surface area contributed by atoms with Crippen molar-refractivity contribution in [1.82, 2.24) is 4.98 Å². The largest absolute Gasteiger partial charge is 0.383 e. The summed E-state index contributed by atoms with van der Waals surface area (Å²) in [4.78, 5) is 5.41. The van der Waals surface area contributed by atoms with Crippen LogP contribution in [0.3, 0.4) is 0 Å². The van der Waals surface area contributed by atoms with Crippen LogP contribution < -0.4 is 10.6 Å². The number of rotatable bonds is 7. The maximum Gasteiger partial charge on any atom is 0.168 e. The van der Waals surface area contributed by atoms with Gasteiger partial charge in [0.2, 0.25) is 0 Å². The van der Waals surface area contributed by atoms with Gasteiger partial charge in [0.25, 0.3) is 0 Å². The summed E-state index contributed by atoms with van der Waals surface area (Å²) in [6, 6.07) is 0.587. The van der Waals surface area contributed by atoms with Crippen molar-refractivity contribution in [2.45, 2.75) is 13.0 Å². The maximum absolute atomic E-state index is 13.8. The zero-order valence-corrected chi connectivity index (χ0v) is 11.3. The van der Waals surface area contributed by atoms with Gasteiger partial charge in [-0.2, -0.15) is 0 Å². The van der Waals surface area contributed by atoms with Crippen LogP contribution in [0.15, 0.2) is 6.07 Å². The van der Waals surface area contributed by atoms with E-state index in [0.717, 1.165) is 6.07 Å². The van der Waals surface area contributed by atoms with Crippen LogP contribution in [0.1, 0.15) is 6.92 Å². The second-order valence-corrected chi connectivity index (χ2v) is 4.15. The molecule has 0 aliphatic heterocycles. The van der Waals surface area contributed by atoms with Gasteiger partial charge in [-0.1, -0.05) is 0 Å². The fraction of sp³-hybridized carbons (Fsp3) is 0.583. The molecule has 0 saturated carbocycles. The van der Waals surface area contributed by atoms with E-state index in [1.165, 1.54) is 0 Å². The summed E-state index contributed by atoms with van der Waals surface area (Å²) in [5.41, 5.74) is 5.39. The van der Waals surface area contributed by atoms with E-state index in [2.05, 4.69) is 4.98 Å². The molecule has 1 aromatic heterocycles. The topological polar surface area (TPSA) is 60.6 Å². The molecule has 0 aliphatic rings. The molecule has 0 amide bonds. The summed E-state index contributed by atoms with van der Waals surface area (Å²) >= 11 is 0. The van der Waals surface area contributed by atoms with Gasteiger partial charge in [0.15, 0.2) is 23.3 Å². The van der Waals surface area contributed by atoms with Crippen molar-refractivity contribution in [2.75, 3.05) is 44.6 Å². The number of ether oxygens (including phenoxy) is 2. The van der Waals surface area contributed by atoms with Crippen molar-refractivity contribution in [2.24, 2.45) is 0 Å². The third-order valence-corrected chi connectivity index (χ3v) is 2.69.